The summed E-state index contributed by atoms with van der Waals surface area (Å²) in [6, 6.07) is 80.0. The molecule has 0 atom stereocenters. The molecule has 1 heterocycles. The van der Waals surface area contributed by atoms with Crippen LogP contribution < -0.4 is 9.80 Å². The Morgan fingerprint density at radius 3 is 1.75 bits per heavy atom. The minimum atomic E-state index is -0.217. The molecule has 0 fully saturated rings. The van der Waals surface area contributed by atoms with Gasteiger partial charge in [0.2, 0.25) is 0 Å². The number of benzene rings is 10. The minimum absolute atomic E-state index is 0.217. The summed E-state index contributed by atoms with van der Waals surface area (Å²) in [5, 5.41) is 7.39. The lowest BCUT2D eigenvalue weighted by Crippen LogP contribution is -2.31. The molecule has 0 amide bonds. The standard InChI is InChI=1S/C57H42N2/c1-57(2)52-25-12-13-26-54(52)59(56-49-23-11-9-17-42(49)30-35-51(56)50-24-14-19-41-16-8-10-22-48(41)50)55-38-44(31-36-53(55)57)40-27-32-46(33-28-40)58(45-20-4-3-5-21-45)47-34-29-39-15-6-7-18-43(39)37-47/h3-38H,1-2H3. The highest BCUT2D eigenvalue weighted by Gasteiger charge is 2.38. The zero-order valence-electron chi connectivity index (χ0n) is 33.2. The third kappa shape index (κ3) is 5.79. The molecular weight excluding hydrogens is 713 g/mol. The van der Waals surface area contributed by atoms with E-state index in [0.29, 0.717) is 0 Å². The summed E-state index contributed by atoms with van der Waals surface area (Å²) in [5.74, 6) is 0. The number of fused-ring (bicyclic) bond motifs is 5. The molecule has 59 heavy (non-hydrogen) atoms. The Labute approximate surface area is 345 Å². The van der Waals surface area contributed by atoms with Gasteiger partial charge in [0, 0.05) is 33.4 Å². The van der Waals surface area contributed by atoms with Crippen LogP contribution in [0.5, 0.6) is 0 Å². The van der Waals surface area contributed by atoms with Gasteiger partial charge >= 0.3 is 0 Å². The second-order valence-corrected chi connectivity index (χ2v) is 16.2. The Morgan fingerprint density at radius 2 is 0.932 bits per heavy atom. The van der Waals surface area contributed by atoms with Crippen molar-refractivity contribution in [3.63, 3.8) is 0 Å². The second kappa shape index (κ2) is 13.9. The summed E-state index contributed by atoms with van der Waals surface area (Å²) in [4.78, 5) is 4.91. The Bertz CT molecular complexity index is 3190. The zero-order valence-corrected chi connectivity index (χ0v) is 33.2. The van der Waals surface area contributed by atoms with E-state index in [-0.39, 0.29) is 5.41 Å². The lowest BCUT2D eigenvalue weighted by Gasteiger charge is -2.43. The fourth-order valence-electron chi connectivity index (χ4n) is 9.45. The first-order valence-electron chi connectivity index (χ1n) is 20.5. The van der Waals surface area contributed by atoms with Crippen molar-refractivity contribution < 1.29 is 0 Å². The normalized spacial score (nSPS) is 13.0. The molecule has 10 aromatic rings. The predicted octanol–water partition coefficient (Wildman–Crippen LogP) is 16.1. The van der Waals surface area contributed by atoms with Crippen molar-refractivity contribution in [2.24, 2.45) is 0 Å². The molecule has 2 nitrogen and oxygen atoms in total. The maximum atomic E-state index is 2.56. The maximum Gasteiger partial charge on any atom is 0.0618 e. The van der Waals surface area contributed by atoms with Gasteiger partial charge in [0.25, 0.3) is 0 Å². The van der Waals surface area contributed by atoms with E-state index in [9.17, 15) is 0 Å². The molecule has 2 heteroatoms. The molecule has 1 aliphatic rings. The van der Waals surface area contributed by atoms with Crippen molar-refractivity contribution in [3.8, 4) is 22.3 Å². The molecule has 0 aliphatic carbocycles. The summed E-state index contributed by atoms with van der Waals surface area (Å²) < 4.78 is 0. The van der Waals surface area contributed by atoms with Crippen molar-refractivity contribution >= 4 is 66.4 Å². The van der Waals surface area contributed by atoms with Crippen LogP contribution in [0.1, 0.15) is 25.0 Å². The maximum absolute atomic E-state index is 2.56. The molecule has 0 radical (unpaired) electrons. The predicted molar refractivity (Wildman–Crippen MR) is 251 cm³/mol. The van der Waals surface area contributed by atoms with E-state index >= 15 is 0 Å². The number of rotatable bonds is 6. The van der Waals surface area contributed by atoms with E-state index in [1.165, 1.54) is 82.8 Å². The van der Waals surface area contributed by atoms with Gasteiger partial charge in [0.15, 0.2) is 0 Å². The number of hydrogen-bond donors (Lipinski definition) is 0. The molecule has 10 aromatic carbocycles. The summed E-state index contributed by atoms with van der Waals surface area (Å²) in [6.07, 6.45) is 0. The monoisotopic (exact) mass is 754 g/mol. The van der Waals surface area contributed by atoms with Crippen molar-refractivity contribution in [3.05, 3.63) is 230 Å². The lowest BCUT2D eigenvalue weighted by atomic mass is 9.73. The van der Waals surface area contributed by atoms with Gasteiger partial charge in [-0.05, 0) is 103 Å². The molecule has 0 N–H and O–H groups in total. The average molecular weight is 755 g/mol. The third-order valence-corrected chi connectivity index (χ3v) is 12.4. The molecule has 1 aliphatic heterocycles. The SMILES string of the molecule is CC1(C)c2ccccc2N(c2c(-c3cccc4ccccc34)ccc3ccccc23)c2cc(-c3ccc(N(c4ccccc4)c4ccc5ccccc5c4)cc3)ccc21. The van der Waals surface area contributed by atoms with Gasteiger partial charge in [-0.2, -0.15) is 0 Å². The summed E-state index contributed by atoms with van der Waals surface area (Å²) in [7, 11) is 0. The van der Waals surface area contributed by atoms with Gasteiger partial charge in [-0.3, -0.25) is 0 Å². The van der Waals surface area contributed by atoms with Gasteiger partial charge in [0.1, 0.15) is 0 Å². The topological polar surface area (TPSA) is 6.48 Å². The van der Waals surface area contributed by atoms with E-state index in [1.807, 2.05) is 0 Å². The van der Waals surface area contributed by atoms with E-state index in [4.69, 9.17) is 0 Å². The molecule has 0 saturated heterocycles. The molecule has 0 aromatic heterocycles. The number of hydrogen-bond acceptors (Lipinski definition) is 2. The Hall–Kier alpha value is -7.42. The summed E-state index contributed by atoms with van der Waals surface area (Å²) in [5.41, 5.74) is 14.2. The van der Waals surface area contributed by atoms with Crippen molar-refractivity contribution in [2.45, 2.75) is 19.3 Å². The molecule has 0 spiro atoms. The molecule has 0 saturated carbocycles. The van der Waals surface area contributed by atoms with Crippen LogP contribution in [0.3, 0.4) is 0 Å². The van der Waals surface area contributed by atoms with Crippen molar-refractivity contribution in [1.29, 1.82) is 0 Å². The Kier molecular flexibility index (Phi) is 8.20. The van der Waals surface area contributed by atoms with Crippen LogP contribution in [-0.2, 0) is 5.41 Å². The van der Waals surface area contributed by atoms with Crippen LogP contribution in [0.4, 0.5) is 34.1 Å². The molecular formula is C57H42N2. The number of nitrogens with zero attached hydrogens (tertiary/aromatic N) is 2. The Morgan fingerprint density at radius 1 is 0.356 bits per heavy atom. The summed E-state index contributed by atoms with van der Waals surface area (Å²) in [6.45, 7) is 4.74. The first kappa shape index (κ1) is 34.8. The second-order valence-electron chi connectivity index (χ2n) is 16.2. The molecule has 0 bridgehead atoms. The highest BCUT2D eigenvalue weighted by molar-refractivity contribution is 6.11. The highest BCUT2D eigenvalue weighted by Crippen LogP contribution is 2.56. The fraction of sp³-hybridized carbons (Fsp3) is 0.0526. The molecule has 0 unspecified atom stereocenters. The average Bonchev–Trinajstić information content (AvgIpc) is 3.29. The third-order valence-electron chi connectivity index (χ3n) is 12.4. The van der Waals surface area contributed by atoms with Gasteiger partial charge in [-0.1, -0.05) is 184 Å². The van der Waals surface area contributed by atoms with Crippen LogP contribution in [0.15, 0.2) is 218 Å². The van der Waals surface area contributed by atoms with Gasteiger partial charge < -0.3 is 9.80 Å². The van der Waals surface area contributed by atoms with Gasteiger partial charge in [-0.25, -0.2) is 0 Å². The first-order chi connectivity index (χ1) is 29.0. The van der Waals surface area contributed by atoms with Crippen LogP contribution in [-0.4, -0.2) is 0 Å². The van der Waals surface area contributed by atoms with Gasteiger partial charge in [-0.15, -0.1) is 0 Å². The van der Waals surface area contributed by atoms with Gasteiger partial charge in [0.05, 0.1) is 17.1 Å². The highest BCUT2D eigenvalue weighted by atomic mass is 15.2. The number of anilines is 6. The molecule has 11 rings (SSSR count). The lowest BCUT2D eigenvalue weighted by molar-refractivity contribution is 0.632. The van der Waals surface area contributed by atoms with Crippen LogP contribution >= 0.6 is 0 Å². The zero-order chi connectivity index (χ0) is 39.5. The molecule has 280 valence electrons. The largest absolute Gasteiger partial charge is 0.310 e. The van der Waals surface area contributed by atoms with E-state index < -0.39 is 0 Å². The first-order valence-corrected chi connectivity index (χ1v) is 20.5. The van der Waals surface area contributed by atoms with Crippen molar-refractivity contribution in [1.82, 2.24) is 0 Å². The smallest absolute Gasteiger partial charge is 0.0618 e. The summed E-state index contributed by atoms with van der Waals surface area (Å²) >= 11 is 0. The van der Waals surface area contributed by atoms with Crippen molar-refractivity contribution in [2.75, 3.05) is 9.80 Å². The van der Waals surface area contributed by atoms with E-state index in [2.05, 4.69) is 242 Å². The quantitative estimate of drug-likeness (QED) is 0.167. The minimum Gasteiger partial charge on any atom is -0.310 e. The van der Waals surface area contributed by atoms with E-state index in [1.54, 1.807) is 0 Å². The number of para-hydroxylation sites is 2. The Balaban J connectivity index is 1.09. The van der Waals surface area contributed by atoms with E-state index in [0.717, 1.165) is 17.1 Å². The van der Waals surface area contributed by atoms with Crippen LogP contribution in [0.2, 0.25) is 0 Å². The van der Waals surface area contributed by atoms with Crippen LogP contribution in [0.25, 0.3) is 54.6 Å². The van der Waals surface area contributed by atoms with Crippen LogP contribution in [0, 0.1) is 0 Å². The fourth-order valence-corrected chi connectivity index (χ4v) is 9.45.